The van der Waals surface area contributed by atoms with E-state index in [9.17, 15) is 13.2 Å². The van der Waals surface area contributed by atoms with Crippen molar-refractivity contribution in [1.29, 1.82) is 0 Å². The highest BCUT2D eigenvalue weighted by Crippen LogP contribution is 2.29. The number of sulfonamides is 1. The molecular weight excluding hydrogens is 394 g/mol. The van der Waals surface area contributed by atoms with E-state index in [1.165, 1.54) is 22.7 Å². The SMILES string of the molecule is Cc1ccn2nc(S(=O)(=O)Nc3c(Cl)cccc3C(=O)OC(C)C)nc2n1. The molecule has 3 rings (SSSR count). The topological polar surface area (TPSA) is 116 Å². The number of aryl methyl sites for hydroxylation is 1. The van der Waals surface area contributed by atoms with Gasteiger partial charge in [-0.05, 0) is 39.0 Å². The molecule has 0 amide bonds. The maximum atomic E-state index is 12.7. The first-order valence-electron chi connectivity index (χ1n) is 7.90. The average molecular weight is 410 g/mol. The molecule has 2 heterocycles. The molecule has 9 nitrogen and oxygen atoms in total. The molecule has 0 aliphatic heterocycles. The van der Waals surface area contributed by atoms with Crippen molar-refractivity contribution < 1.29 is 17.9 Å². The van der Waals surface area contributed by atoms with Gasteiger partial charge in [-0.1, -0.05) is 17.7 Å². The van der Waals surface area contributed by atoms with E-state index in [1.807, 2.05) is 0 Å². The van der Waals surface area contributed by atoms with E-state index < -0.39 is 21.1 Å². The molecule has 3 aromatic rings. The summed E-state index contributed by atoms with van der Waals surface area (Å²) >= 11 is 6.11. The van der Waals surface area contributed by atoms with Crippen LogP contribution in [-0.4, -0.2) is 40.1 Å². The number of esters is 1. The molecule has 27 heavy (non-hydrogen) atoms. The lowest BCUT2D eigenvalue weighted by molar-refractivity contribution is 0.0379. The standard InChI is InChI=1S/C16H16ClN5O4S/c1-9(2)26-14(23)11-5-4-6-12(17)13(11)21-27(24,25)16-19-15-18-10(3)7-8-22(15)20-16/h4-9,21H,1-3H3. The number of hydrogen-bond acceptors (Lipinski definition) is 7. The number of carbonyl (C=O) groups is 1. The third kappa shape index (κ3) is 4.01. The molecule has 0 aliphatic rings. The van der Waals surface area contributed by atoms with Crippen molar-refractivity contribution in [3.8, 4) is 0 Å². The number of fused-ring (bicyclic) bond motifs is 1. The van der Waals surface area contributed by atoms with Crippen molar-refractivity contribution in [3.63, 3.8) is 0 Å². The Balaban J connectivity index is 2.01. The number of carbonyl (C=O) groups excluding carboxylic acids is 1. The number of halogens is 1. The van der Waals surface area contributed by atoms with Crippen LogP contribution in [0.15, 0.2) is 35.6 Å². The summed E-state index contributed by atoms with van der Waals surface area (Å²) in [5.41, 5.74) is 0.543. The van der Waals surface area contributed by atoms with E-state index in [2.05, 4.69) is 19.8 Å². The van der Waals surface area contributed by atoms with Gasteiger partial charge in [0.1, 0.15) is 0 Å². The van der Waals surface area contributed by atoms with Crippen LogP contribution in [0.25, 0.3) is 5.78 Å². The average Bonchev–Trinajstić information content (AvgIpc) is 3.00. The summed E-state index contributed by atoms with van der Waals surface area (Å²) in [6.07, 6.45) is 1.17. The second-order valence-corrected chi connectivity index (χ2v) is 7.91. The van der Waals surface area contributed by atoms with Crippen LogP contribution in [0.1, 0.15) is 29.9 Å². The fourth-order valence-electron chi connectivity index (χ4n) is 2.22. The molecule has 11 heteroatoms. The minimum Gasteiger partial charge on any atom is -0.459 e. The molecule has 1 aromatic carbocycles. The van der Waals surface area contributed by atoms with Gasteiger partial charge in [-0.15, -0.1) is 5.10 Å². The van der Waals surface area contributed by atoms with Gasteiger partial charge in [0.05, 0.1) is 22.4 Å². The molecule has 0 spiro atoms. The number of aromatic nitrogens is 4. The smallest absolute Gasteiger partial charge is 0.340 e. The number of anilines is 1. The van der Waals surface area contributed by atoms with E-state index >= 15 is 0 Å². The Kier molecular flexibility index (Phi) is 5.03. The van der Waals surface area contributed by atoms with Gasteiger partial charge in [-0.25, -0.2) is 14.3 Å². The molecule has 142 valence electrons. The molecular formula is C16H16ClN5O4S. The van der Waals surface area contributed by atoms with Gasteiger partial charge in [0, 0.05) is 11.9 Å². The molecule has 0 aliphatic carbocycles. The number of hydrogen-bond donors (Lipinski definition) is 1. The fraction of sp³-hybridized carbons (Fsp3) is 0.250. The number of benzene rings is 1. The number of nitrogens with zero attached hydrogens (tertiary/aromatic N) is 4. The largest absolute Gasteiger partial charge is 0.459 e. The van der Waals surface area contributed by atoms with Crippen LogP contribution in [-0.2, 0) is 14.8 Å². The van der Waals surface area contributed by atoms with Gasteiger partial charge in [0.25, 0.3) is 21.0 Å². The Morgan fingerprint density at radius 1 is 1.26 bits per heavy atom. The number of nitrogens with one attached hydrogen (secondary N) is 1. The second-order valence-electron chi connectivity index (χ2n) is 5.93. The fourth-order valence-corrected chi connectivity index (χ4v) is 3.47. The summed E-state index contributed by atoms with van der Waals surface area (Å²) in [5.74, 6) is -0.570. The highest BCUT2D eigenvalue weighted by atomic mass is 35.5. The molecule has 0 saturated heterocycles. The number of ether oxygens (including phenoxy) is 1. The van der Waals surface area contributed by atoms with Crippen LogP contribution in [0.4, 0.5) is 5.69 Å². The molecule has 0 unspecified atom stereocenters. The van der Waals surface area contributed by atoms with Crippen LogP contribution < -0.4 is 4.72 Å². The number of rotatable bonds is 5. The van der Waals surface area contributed by atoms with E-state index in [4.69, 9.17) is 16.3 Å². The van der Waals surface area contributed by atoms with Crippen molar-refractivity contribution >= 4 is 39.1 Å². The van der Waals surface area contributed by atoms with Crippen LogP contribution in [0.3, 0.4) is 0 Å². The molecule has 0 bridgehead atoms. The maximum absolute atomic E-state index is 12.7. The lowest BCUT2D eigenvalue weighted by Crippen LogP contribution is -2.19. The zero-order valence-electron chi connectivity index (χ0n) is 14.7. The Bertz CT molecular complexity index is 1130. The van der Waals surface area contributed by atoms with E-state index in [1.54, 1.807) is 33.0 Å². The van der Waals surface area contributed by atoms with E-state index in [-0.39, 0.29) is 28.2 Å². The van der Waals surface area contributed by atoms with E-state index in [0.717, 1.165) is 0 Å². The summed E-state index contributed by atoms with van der Waals surface area (Å²) in [5, 5.41) is 3.45. The predicted molar refractivity (Wildman–Crippen MR) is 98.3 cm³/mol. The first-order valence-corrected chi connectivity index (χ1v) is 9.76. The van der Waals surface area contributed by atoms with E-state index in [0.29, 0.717) is 5.69 Å². The highest BCUT2D eigenvalue weighted by molar-refractivity contribution is 7.92. The highest BCUT2D eigenvalue weighted by Gasteiger charge is 2.26. The minimum absolute atomic E-state index is 0.0162. The Morgan fingerprint density at radius 2 is 2.00 bits per heavy atom. The van der Waals surface area contributed by atoms with Crippen molar-refractivity contribution in [2.75, 3.05) is 4.72 Å². The molecule has 0 atom stereocenters. The predicted octanol–water partition coefficient (Wildman–Crippen LogP) is 2.45. The molecule has 0 radical (unpaired) electrons. The van der Waals surface area contributed by atoms with Gasteiger partial charge in [0.15, 0.2) is 0 Å². The minimum atomic E-state index is -4.22. The van der Waals surface area contributed by atoms with Crippen LogP contribution >= 0.6 is 11.6 Å². The summed E-state index contributed by atoms with van der Waals surface area (Å²) < 4.78 is 34.1. The third-order valence-corrected chi connectivity index (χ3v) is 4.82. The van der Waals surface area contributed by atoms with Crippen molar-refractivity contribution in [2.45, 2.75) is 32.0 Å². The summed E-state index contributed by atoms with van der Waals surface area (Å²) in [6.45, 7) is 5.11. The van der Waals surface area contributed by atoms with Gasteiger partial charge in [0.2, 0.25) is 0 Å². The molecule has 2 aromatic heterocycles. The van der Waals surface area contributed by atoms with Gasteiger partial charge in [-0.3, -0.25) is 4.72 Å². The normalized spacial score (nSPS) is 11.7. The van der Waals surface area contributed by atoms with Crippen LogP contribution in [0.2, 0.25) is 5.02 Å². The lowest BCUT2D eigenvalue weighted by atomic mass is 10.2. The molecule has 0 fully saturated rings. The molecule has 0 saturated carbocycles. The Morgan fingerprint density at radius 3 is 2.70 bits per heavy atom. The first kappa shape index (κ1) is 19.1. The first-order chi connectivity index (χ1) is 12.7. The third-order valence-electron chi connectivity index (χ3n) is 3.38. The quantitative estimate of drug-likeness (QED) is 0.643. The van der Waals surface area contributed by atoms with Gasteiger partial charge in [-0.2, -0.15) is 13.4 Å². The molecule has 1 N–H and O–H groups in total. The summed E-state index contributed by atoms with van der Waals surface area (Å²) in [4.78, 5) is 20.3. The van der Waals surface area contributed by atoms with Gasteiger partial charge < -0.3 is 4.74 Å². The summed E-state index contributed by atoms with van der Waals surface area (Å²) in [6, 6.07) is 6.05. The van der Waals surface area contributed by atoms with Crippen LogP contribution in [0, 0.1) is 6.92 Å². The van der Waals surface area contributed by atoms with Crippen molar-refractivity contribution in [2.24, 2.45) is 0 Å². The summed E-state index contributed by atoms with van der Waals surface area (Å²) in [7, 11) is -4.22. The monoisotopic (exact) mass is 409 g/mol. The van der Waals surface area contributed by atoms with Crippen molar-refractivity contribution in [1.82, 2.24) is 19.6 Å². The van der Waals surface area contributed by atoms with Crippen LogP contribution in [0.5, 0.6) is 0 Å². The zero-order valence-corrected chi connectivity index (χ0v) is 16.2. The Labute approximate surface area is 160 Å². The lowest BCUT2D eigenvalue weighted by Gasteiger charge is -2.13. The second kappa shape index (κ2) is 7.12. The van der Waals surface area contributed by atoms with Crippen molar-refractivity contribution in [3.05, 3.63) is 46.7 Å². The van der Waals surface area contributed by atoms with Gasteiger partial charge >= 0.3 is 5.97 Å². The number of para-hydroxylation sites is 1. The Hall–Kier alpha value is -2.72. The maximum Gasteiger partial charge on any atom is 0.340 e. The zero-order chi connectivity index (χ0) is 19.8.